The lowest BCUT2D eigenvalue weighted by Gasteiger charge is -2.24. The Kier molecular flexibility index (Phi) is 3.94. The van der Waals surface area contributed by atoms with Gasteiger partial charge in [0, 0.05) is 18.0 Å². The highest BCUT2D eigenvalue weighted by Crippen LogP contribution is 2.51. The van der Waals surface area contributed by atoms with Gasteiger partial charge in [-0.15, -0.1) is 0 Å². The van der Waals surface area contributed by atoms with Gasteiger partial charge < -0.3 is 9.64 Å². The van der Waals surface area contributed by atoms with Crippen LogP contribution in [0.2, 0.25) is 0 Å². The Morgan fingerprint density at radius 3 is 2.76 bits per heavy atom. The van der Waals surface area contributed by atoms with E-state index in [0.29, 0.717) is 23.8 Å². The smallest absolute Gasteiger partial charge is 0.233 e. The number of pyridine rings is 1. The molecule has 4 rings (SSSR count). The van der Waals surface area contributed by atoms with Gasteiger partial charge in [0.25, 0.3) is 0 Å². The van der Waals surface area contributed by atoms with Gasteiger partial charge >= 0.3 is 0 Å². The van der Waals surface area contributed by atoms with Crippen molar-refractivity contribution >= 4 is 11.6 Å². The van der Waals surface area contributed by atoms with E-state index >= 15 is 0 Å². The van der Waals surface area contributed by atoms with Crippen molar-refractivity contribution in [3.05, 3.63) is 53.5 Å². The van der Waals surface area contributed by atoms with Gasteiger partial charge in [0.2, 0.25) is 11.8 Å². The largest absolute Gasteiger partial charge is 0.481 e. The minimum absolute atomic E-state index is 0.0745. The highest BCUT2D eigenvalue weighted by molar-refractivity contribution is 5.97. The summed E-state index contributed by atoms with van der Waals surface area (Å²) in [4.78, 5) is 18.9. The van der Waals surface area contributed by atoms with E-state index in [2.05, 4.69) is 4.98 Å². The molecule has 4 nitrogen and oxygen atoms in total. The first-order valence-electron chi connectivity index (χ1n) is 8.72. The summed E-state index contributed by atoms with van der Waals surface area (Å²) in [5.74, 6) is 0.0506. The molecule has 1 aliphatic heterocycles. The second-order valence-electron chi connectivity index (χ2n) is 6.95. The number of methoxy groups -OCH3 is 1. The SMILES string of the molecule is COc1cccc(CC(=O)N2CC3(CCCC3)c3cccc(F)c32)n1. The number of amides is 1. The van der Waals surface area contributed by atoms with Gasteiger partial charge in [-0.2, -0.15) is 0 Å². The third kappa shape index (κ3) is 2.68. The average Bonchev–Trinajstić information content (AvgIpc) is 3.22. The summed E-state index contributed by atoms with van der Waals surface area (Å²) in [6.45, 7) is 0.575. The summed E-state index contributed by atoms with van der Waals surface area (Å²) in [7, 11) is 1.55. The first-order valence-corrected chi connectivity index (χ1v) is 8.72. The summed E-state index contributed by atoms with van der Waals surface area (Å²) in [5, 5.41) is 0. The fourth-order valence-electron chi connectivity index (χ4n) is 4.30. The van der Waals surface area contributed by atoms with E-state index in [-0.39, 0.29) is 23.6 Å². The number of ether oxygens (including phenoxy) is 1. The molecule has 5 heteroatoms. The molecule has 1 fully saturated rings. The van der Waals surface area contributed by atoms with Crippen LogP contribution in [0.15, 0.2) is 36.4 Å². The number of aromatic nitrogens is 1. The summed E-state index contributed by atoms with van der Waals surface area (Å²) in [6.07, 6.45) is 4.45. The molecule has 0 N–H and O–H groups in total. The highest BCUT2D eigenvalue weighted by atomic mass is 19.1. The monoisotopic (exact) mass is 340 g/mol. The molecule has 1 aromatic heterocycles. The molecule has 0 saturated heterocycles. The molecule has 0 radical (unpaired) electrons. The predicted molar refractivity (Wildman–Crippen MR) is 93.4 cm³/mol. The molecule has 1 aromatic carbocycles. The predicted octanol–water partition coefficient (Wildman–Crippen LogP) is 3.63. The molecule has 0 atom stereocenters. The van der Waals surface area contributed by atoms with Crippen LogP contribution < -0.4 is 9.64 Å². The van der Waals surface area contributed by atoms with Crippen LogP contribution >= 0.6 is 0 Å². The van der Waals surface area contributed by atoms with Crippen LogP contribution in [0.1, 0.15) is 36.9 Å². The molecule has 2 aliphatic rings. The molecule has 1 aliphatic carbocycles. The number of hydrogen-bond acceptors (Lipinski definition) is 3. The van der Waals surface area contributed by atoms with E-state index in [1.54, 1.807) is 30.2 Å². The molecule has 1 saturated carbocycles. The van der Waals surface area contributed by atoms with Gasteiger partial charge in [0.15, 0.2) is 0 Å². The fourth-order valence-corrected chi connectivity index (χ4v) is 4.30. The van der Waals surface area contributed by atoms with Crippen LogP contribution in [0.4, 0.5) is 10.1 Å². The molecular formula is C20H21FN2O2. The van der Waals surface area contributed by atoms with Gasteiger partial charge in [-0.25, -0.2) is 9.37 Å². The summed E-state index contributed by atoms with van der Waals surface area (Å²) in [6, 6.07) is 10.5. The number of halogens is 1. The van der Waals surface area contributed by atoms with Gasteiger partial charge in [-0.05, 0) is 30.5 Å². The third-order valence-electron chi connectivity index (χ3n) is 5.47. The van der Waals surface area contributed by atoms with Crippen molar-refractivity contribution < 1.29 is 13.9 Å². The first kappa shape index (κ1) is 16.1. The standard InChI is InChI=1S/C20H21FN2O2/c1-25-17-9-4-6-14(22-17)12-18(24)23-13-20(10-2-3-11-20)15-7-5-8-16(21)19(15)23/h4-9H,2-3,10-13H2,1H3. The second kappa shape index (κ2) is 6.14. The minimum atomic E-state index is -0.312. The van der Waals surface area contributed by atoms with E-state index < -0.39 is 0 Å². The Balaban J connectivity index is 1.65. The number of carbonyl (C=O) groups is 1. The molecule has 2 aromatic rings. The molecule has 130 valence electrons. The van der Waals surface area contributed by atoms with Crippen molar-refractivity contribution in [1.82, 2.24) is 4.98 Å². The van der Waals surface area contributed by atoms with E-state index in [0.717, 1.165) is 31.2 Å². The van der Waals surface area contributed by atoms with Crippen molar-refractivity contribution in [3.63, 3.8) is 0 Å². The van der Waals surface area contributed by atoms with Crippen LogP contribution in [0.25, 0.3) is 0 Å². The number of carbonyl (C=O) groups excluding carboxylic acids is 1. The zero-order valence-electron chi connectivity index (χ0n) is 14.3. The third-order valence-corrected chi connectivity index (χ3v) is 5.47. The van der Waals surface area contributed by atoms with Crippen LogP contribution in [0.3, 0.4) is 0 Å². The molecule has 2 heterocycles. The highest BCUT2D eigenvalue weighted by Gasteiger charge is 2.47. The van der Waals surface area contributed by atoms with E-state index in [1.165, 1.54) is 6.07 Å². The summed E-state index contributed by atoms with van der Waals surface area (Å²) < 4.78 is 19.7. The van der Waals surface area contributed by atoms with Crippen LogP contribution in [0, 0.1) is 5.82 Å². The van der Waals surface area contributed by atoms with Crippen molar-refractivity contribution in [2.75, 3.05) is 18.6 Å². The van der Waals surface area contributed by atoms with E-state index in [9.17, 15) is 9.18 Å². The normalized spacial score (nSPS) is 17.8. The Morgan fingerprint density at radius 1 is 1.24 bits per heavy atom. The second-order valence-corrected chi connectivity index (χ2v) is 6.95. The molecule has 25 heavy (non-hydrogen) atoms. The lowest BCUT2D eigenvalue weighted by Crippen LogP contribution is -2.36. The minimum Gasteiger partial charge on any atom is -0.481 e. The van der Waals surface area contributed by atoms with Gasteiger partial charge in [0.1, 0.15) is 5.82 Å². The maximum absolute atomic E-state index is 14.6. The zero-order chi connectivity index (χ0) is 17.4. The van der Waals surface area contributed by atoms with Gasteiger partial charge in [0.05, 0.1) is 24.9 Å². The molecule has 1 spiro atoms. The Morgan fingerprint density at radius 2 is 2.00 bits per heavy atom. The number of nitrogens with zero attached hydrogens (tertiary/aromatic N) is 2. The van der Waals surface area contributed by atoms with Crippen LogP contribution in [0.5, 0.6) is 5.88 Å². The van der Waals surface area contributed by atoms with Crippen LogP contribution in [-0.4, -0.2) is 24.5 Å². The summed E-state index contributed by atoms with van der Waals surface area (Å²) >= 11 is 0. The number of benzene rings is 1. The van der Waals surface area contributed by atoms with Gasteiger partial charge in [-0.1, -0.05) is 31.0 Å². The Labute approximate surface area is 146 Å². The first-order chi connectivity index (χ1) is 12.1. The lowest BCUT2D eigenvalue weighted by atomic mass is 9.81. The maximum Gasteiger partial charge on any atom is 0.233 e. The molecule has 0 unspecified atom stereocenters. The molecule has 1 amide bonds. The number of hydrogen-bond donors (Lipinski definition) is 0. The molecular weight excluding hydrogens is 319 g/mol. The fraction of sp³-hybridized carbons (Fsp3) is 0.400. The van der Waals surface area contributed by atoms with E-state index in [4.69, 9.17) is 4.74 Å². The van der Waals surface area contributed by atoms with Crippen molar-refractivity contribution in [2.24, 2.45) is 0 Å². The number of para-hydroxylation sites is 1. The topological polar surface area (TPSA) is 42.4 Å². The van der Waals surface area contributed by atoms with Crippen LogP contribution in [-0.2, 0) is 16.6 Å². The van der Waals surface area contributed by atoms with Crippen molar-refractivity contribution in [2.45, 2.75) is 37.5 Å². The zero-order valence-corrected chi connectivity index (χ0v) is 14.3. The van der Waals surface area contributed by atoms with Crippen molar-refractivity contribution in [1.29, 1.82) is 0 Å². The number of rotatable bonds is 3. The Hall–Kier alpha value is -2.43. The van der Waals surface area contributed by atoms with Crippen molar-refractivity contribution in [3.8, 4) is 5.88 Å². The lowest BCUT2D eigenvalue weighted by molar-refractivity contribution is -0.118. The quantitative estimate of drug-likeness (QED) is 0.857. The summed E-state index contributed by atoms with van der Waals surface area (Å²) in [5.41, 5.74) is 2.03. The Bertz CT molecular complexity index is 815. The average molecular weight is 340 g/mol. The molecule has 0 bridgehead atoms. The number of anilines is 1. The van der Waals surface area contributed by atoms with E-state index in [1.807, 2.05) is 12.1 Å². The number of fused-ring (bicyclic) bond motifs is 2. The maximum atomic E-state index is 14.6. The van der Waals surface area contributed by atoms with Gasteiger partial charge in [-0.3, -0.25) is 4.79 Å².